The molecule has 0 spiro atoms. The smallest absolute Gasteiger partial charge is 0.242 e. The van der Waals surface area contributed by atoms with Gasteiger partial charge in [-0.1, -0.05) is 17.2 Å². The maximum atomic E-state index is 12.0. The van der Waals surface area contributed by atoms with E-state index in [1.165, 1.54) is 0 Å². The van der Waals surface area contributed by atoms with Crippen LogP contribution in [0.5, 0.6) is 0 Å². The molecule has 0 saturated heterocycles. The van der Waals surface area contributed by atoms with Crippen molar-refractivity contribution >= 4 is 21.6 Å². The average molecular weight is 350 g/mol. The number of rotatable bonds is 6. The third kappa shape index (κ3) is 5.17. The normalized spacial score (nSPS) is 12.8. The van der Waals surface area contributed by atoms with Crippen molar-refractivity contribution in [3.8, 4) is 11.3 Å². The van der Waals surface area contributed by atoms with E-state index < -0.39 is 21.8 Å². The van der Waals surface area contributed by atoms with Crippen molar-refractivity contribution < 1.29 is 13.2 Å². The van der Waals surface area contributed by atoms with Crippen LogP contribution in [0.15, 0.2) is 24.3 Å². The molecule has 1 aromatic carbocycles. The summed E-state index contributed by atoms with van der Waals surface area (Å²) in [6.45, 7) is 4.02. The molecule has 0 bridgehead atoms. The number of carbonyl (C=O) groups excluding carboxylic acids is 1. The van der Waals surface area contributed by atoms with E-state index in [4.69, 9.17) is 5.73 Å². The molecule has 0 radical (unpaired) electrons. The van der Waals surface area contributed by atoms with Crippen LogP contribution < -0.4 is 11.1 Å². The van der Waals surface area contributed by atoms with E-state index in [2.05, 4.69) is 21.6 Å². The number of carbonyl (C=O) groups is 1. The van der Waals surface area contributed by atoms with Crippen LogP contribution in [0.3, 0.4) is 0 Å². The molecule has 1 heterocycles. The van der Waals surface area contributed by atoms with Gasteiger partial charge in [-0.05, 0) is 32.4 Å². The van der Waals surface area contributed by atoms with Crippen LogP contribution in [0, 0.1) is 13.8 Å². The number of sulfone groups is 1. The number of aromatic amines is 1. The van der Waals surface area contributed by atoms with Crippen LogP contribution in [0.4, 0.5) is 5.82 Å². The zero-order chi connectivity index (χ0) is 17.9. The minimum Gasteiger partial charge on any atom is -0.320 e. The molecule has 0 aliphatic heterocycles. The molecule has 1 atom stereocenters. The molecular formula is C16H22N4O3S. The summed E-state index contributed by atoms with van der Waals surface area (Å²) in [5.74, 6) is -0.239. The van der Waals surface area contributed by atoms with Gasteiger partial charge in [-0.3, -0.25) is 9.89 Å². The highest BCUT2D eigenvalue weighted by atomic mass is 32.2. The Morgan fingerprint density at radius 2 is 1.88 bits per heavy atom. The zero-order valence-corrected chi connectivity index (χ0v) is 14.8. The second-order valence-electron chi connectivity index (χ2n) is 6.06. The lowest BCUT2D eigenvalue weighted by Gasteiger charge is -2.09. The molecule has 1 aromatic heterocycles. The van der Waals surface area contributed by atoms with Gasteiger partial charge in [-0.25, -0.2) is 8.42 Å². The molecular weight excluding hydrogens is 328 g/mol. The van der Waals surface area contributed by atoms with Gasteiger partial charge in [-0.15, -0.1) is 0 Å². The molecule has 130 valence electrons. The summed E-state index contributed by atoms with van der Waals surface area (Å²) in [5, 5.41) is 9.52. The van der Waals surface area contributed by atoms with Crippen LogP contribution >= 0.6 is 0 Å². The van der Waals surface area contributed by atoms with E-state index in [0.717, 1.165) is 28.6 Å². The van der Waals surface area contributed by atoms with Crippen LogP contribution in [0.1, 0.15) is 17.5 Å². The summed E-state index contributed by atoms with van der Waals surface area (Å²) in [6, 6.07) is 6.92. The van der Waals surface area contributed by atoms with E-state index in [9.17, 15) is 13.2 Å². The van der Waals surface area contributed by atoms with E-state index in [1.807, 2.05) is 26.0 Å². The van der Waals surface area contributed by atoms with Gasteiger partial charge in [0.15, 0.2) is 5.82 Å². The molecule has 4 N–H and O–H groups in total. The van der Waals surface area contributed by atoms with Crippen molar-refractivity contribution in [2.24, 2.45) is 5.73 Å². The summed E-state index contributed by atoms with van der Waals surface area (Å²) in [6.07, 6.45) is 1.18. The number of nitrogens with one attached hydrogen (secondary N) is 2. The molecule has 24 heavy (non-hydrogen) atoms. The maximum absolute atomic E-state index is 12.0. The topological polar surface area (TPSA) is 118 Å². The Morgan fingerprint density at radius 3 is 2.46 bits per heavy atom. The van der Waals surface area contributed by atoms with E-state index in [0.29, 0.717) is 5.82 Å². The summed E-state index contributed by atoms with van der Waals surface area (Å²) >= 11 is 0. The standard InChI is InChI=1S/C16H22N4O3S/c1-10-6-11(2)8-12(7-10)14-9-15(20-19-14)18-16(21)13(17)4-5-24(3,22)23/h6-9,13H,4-5,17H2,1-3H3,(H2,18,19,20,21). The highest BCUT2D eigenvalue weighted by Crippen LogP contribution is 2.22. The molecule has 1 unspecified atom stereocenters. The highest BCUT2D eigenvalue weighted by Gasteiger charge is 2.17. The summed E-state index contributed by atoms with van der Waals surface area (Å²) in [5.41, 5.74) is 9.73. The number of H-pyrrole nitrogens is 1. The van der Waals surface area contributed by atoms with Crippen LogP contribution in [0.25, 0.3) is 11.3 Å². The van der Waals surface area contributed by atoms with Gasteiger partial charge in [0.2, 0.25) is 5.91 Å². The fourth-order valence-corrected chi connectivity index (χ4v) is 3.04. The number of aromatic nitrogens is 2. The number of nitrogens with zero attached hydrogens (tertiary/aromatic N) is 1. The quantitative estimate of drug-likeness (QED) is 0.728. The Bertz CT molecular complexity index is 823. The monoisotopic (exact) mass is 350 g/mol. The Labute approximate surface area is 141 Å². The number of hydrogen-bond donors (Lipinski definition) is 3. The Kier molecular flexibility index (Phi) is 5.40. The van der Waals surface area contributed by atoms with Gasteiger partial charge < -0.3 is 11.1 Å². The molecule has 2 aromatic rings. The first-order valence-electron chi connectivity index (χ1n) is 7.52. The molecule has 7 nitrogen and oxygen atoms in total. The van der Waals surface area contributed by atoms with Crippen molar-refractivity contribution in [1.29, 1.82) is 0 Å². The second-order valence-corrected chi connectivity index (χ2v) is 8.32. The third-order valence-corrected chi connectivity index (χ3v) is 4.48. The lowest BCUT2D eigenvalue weighted by molar-refractivity contribution is -0.117. The first kappa shape index (κ1) is 18.2. The van der Waals surface area contributed by atoms with Crippen molar-refractivity contribution in [3.05, 3.63) is 35.4 Å². The number of hydrogen-bond acceptors (Lipinski definition) is 5. The molecule has 0 aliphatic rings. The van der Waals surface area contributed by atoms with Gasteiger partial charge in [0.1, 0.15) is 9.84 Å². The number of benzene rings is 1. The predicted octanol–water partition coefficient (Wildman–Crippen LogP) is 1.39. The van der Waals surface area contributed by atoms with E-state index >= 15 is 0 Å². The lowest BCUT2D eigenvalue weighted by atomic mass is 10.1. The van der Waals surface area contributed by atoms with Gasteiger partial charge in [0, 0.05) is 17.9 Å². The molecule has 2 rings (SSSR count). The van der Waals surface area contributed by atoms with Crippen molar-refractivity contribution in [3.63, 3.8) is 0 Å². The molecule has 0 aliphatic carbocycles. The van der Waals surface area contributed by atoms with Gasteiger partial charge in [0.25, 0.3) is 0 Å². The summed E-state index contributed by atoms with van der Waals surface area (Å²) in [7, 11) is -3.15. The fourth-order valence-electron chi connectivity index (χ4n) is 2.35. The fraction of sp³-hybridized carbons (Fsp3) is 0.375. The van der Waals surface area contributed by atoms with Crippen LogP contribution in [-0.4, -0.2) is 42.6 Å². The molecule has 1 amide bonds. The zero-order valence-electron chi connectivity index (χ0n) is 14.0. The van der Waals surface area contributed by atoms with Crippen molar-refractivity contribution in [2.45, 2.75) is 26.3 Å². The number of nitrogens with two attached hydrogens (primary N) is 1. The first-order chi connectivity index (χ1) is 11.1. The van der Waals surface area contributed by atoms with E-state index in [1.54, 1.807) is 6.07 Å². The number of aryl methyl sites for hydroxylation is 2. The summed E-state index contributed by atoms with van der Waals surface area (Å²) < 4.78 is 22.3. The van der Waals surface area contributed by atoms with Crippen LogP contribution in [-0.2, 0) is 14.6 Å². The SMILES string of the molecule is Cc1cc(C)cc(-c2cc(NC(=O)C(N)CCS(C)(=O)=O)n[nH]2)c1. The van der Waals surface area contributed by atoms with Gasteiger partial charge in [0.05, 0.1) is 17.5 Å². The molecule has 8 heteroatoms. The van der Waals surface area contributed by atoms with Gasteiger partial charge >= 0.3 is 0 Å². The van der Waals surface area contributed by atoms with Crippen LogP contribution in [0.2, 0.25) is 0 Å². The highest BCUT2D eigenvalue weighted by molar-refractivity contribution is 7.90. The number of anilines is 1. The number of amides is 1. The average Bonchev–Trinajstić information content (AvgIpc) is 2.91. The molecule has 0 fully saturated rings. The second kappa shape index (κ2) is 7.14. The summed E-state index contributed by atoms with van der Waals surface area (Å²) in [4.78, 5) is 12.0. The Hall–Kier alpha value is -2.19. The predicted molar refractivity (Wildman–Crippen MR) is 94.4 cm³/mol. The lowest BCUT2D eigenvalue weighted by Crippen LogP contribution is -2.37. The van der Waals surface area contributed by atoms with Crippen molar-refractivity contribution in [2.75, 3.05) is 17.3 Å². The minimum atomic E-state index is -3.15. The van der Waals surface area contributed by atoms with Crippen molar-refractivity contribution in [1.82, 2.24) is 10.2 Å². The Morgan fingerprint density at radius 1 is 1.25 bits per heavy atom. The third-order valence-electron chi connectivity index (χ3n) is 3.50. The Balaban J connectivity index is 2.04. The van der Waals surface area contributed by atoms with E-state index in [-0.39, 0.29) is 12.2 Å². The first-order valence-corrected chi connectivity index (χ1v) is 9.58. The van der Waals surface area contributed by atoms with Gasteiger partial charge in [-0.2, -0.15) is 5.10 Å². The largest absolute Gasteiger partial charge is 0.320 e. The molecule has 0 saturated carbocycles. The minimum absolute atomic E-state index is 0.0685. The maximum Gasteiger partial charge on any atom is 0.242 e.